The summed E-state index contributed by atoms with van der Waals surface area (Å²) >= 11 is 0. The number of halogens is 1. The van der Waals surface area contributed by atoms with Gasteiger partial charge in [0, 0.05) is 17.5 Å². The van der Waals surface area contributed by atoms with Gasteiger partial charge in [0.1, 0.15) is 12.4 Å². The molecule has 2 atom stereocenters. The second-order valence-corrected chi connectivity index (χ2v) is 9.91. The van der Waals surface area contributed by atoms with Gasteiger partial charge in [0.2, 0.25) is 0 Å². The quantitative estimate of drug-likeness (QED) is 0.412. The molecule has 5 heteroatoms. The van der Waals surface area contributed by atoms with Crippen molar-refractivity contribution < 1.29 is 13.9 Å². The van der Waals surface area contributed by atoms with Gasteiger partial charge in [-0.25, -0.2) is 9.18 Å². The Kier molecular flexibility index (Phi) is 5.81. The number of fused-ring (bicyclic) bond motifs is 5. The Bertz CT molecular complexity index is 1360. The van der Waals surface area contributed by atoms with E-state index in [9.17, 15) is 9.18 Å². The van der Waals surface area contributed by atoms with Gasteiger partial charge in [-0.05, 0) is 65.1 Å². The summed E-state index contributed by atoms with van der Waals surface area (Å²) in [6.07, 6.45) is 5.32. The van der Waals surface area contributed by atoms with Gasteiger partial charge in [-0.1, -0.05) is 66.7 Å². The van der Waals surface area contributed by atoms with Gasteiger partial charge in [-0.3, -0.25) is 4.90 Å². The van der Waals surface area contributed by atoms with Crippen molar-refractivity contribution in [2.45, 2.75) is 50.1 Å². The Balaban J connectivity index is 1.21. The van der Waals surface area contributed by atoms with Crippen molar-refractivity contribution in [2.24, 2.45) is 0 Å². The molecule has 1 aliphatic carbocycles. The molecule has 0 aromatic heterocycles. The first-order valence-corrected chi connectivity index (χ1v) is 12.6. The molecule has 2 bridgehead atoms. The highest BCUT2D eigenvalue weighted by Crippen LogP contribution is 2.45. The zero-order valence-electron chi connectivity index (χ0n) is 20.0. The summed E-state index contributed by atoms with van der Waals surface area (Å²) < 4.78 is 20.8. The summed E-state index contributed by atoms with van der Waals surface area (Å²) in [5, 5.41) is 8.90. The molecule has 0 spiro atoms. The first-order valence-electron chi connectivity index (χ1n) is 12.6. The van der Waals surface area contributed by atoms with Gasteiger partial charge in [0.25, 0.3) is 0 Å². The lowest BCUT2D eigenvalue weighted by atomic mass is 9.83. The Morgan fingerprint density at radius 3 is 2.39 bits per heavy atom. The lowest BCUT2D eigenvalue weighted by molar-refractivity contribution is 0.0538. The van der Waals surface area contributed by atoms with Crippen molar-refractivity contribution in [1.82, 2.24) is 4.90 Å². The minimum atomic E-state index is -0.304. The Morgan fingerprint density at radius 1 is 1.00 bits per heavy atom. The Labute approximate surface area is 210 Å². The first-order chi connectivity index (χ1) is 17.6. The number of carbonyl (C=O) groups excluding carboxylic acids is 1. The second-order valence-electron chi connectivity index (χ2n) is 9.91. The number of nitriles is 1. The third-order valence-electron chi connectivity index (χ3n) is 7.85. The van der Waals surface area contributed by atoms with E-state index in [1.54, 1.807) is 6.07 Å². The maximum absolute atomic E-state index is 14.9. The number of carbonyl (C=O) groups is 1. The molecule has 2 heterocycles. The maximum Gasteiger partial charge on any atom is 0.410 e. The second kappa shape index (κ2) is 9.28. The van der Waals surface area contributed by atoms with Crippen LogP contribution in [-0.2, 0) is 11.2 Å². The van der Waals surface area contributed by atoms with Crippen LogP contribution in [0.5, 0.6) is 0 Å². The monoisotopic (exact) mass is 478 g/mol. The van der Waals surface area contributed by atoms with E-state index < -0.39 is 0 Å². The van der Waals surface area contributed by atoms with Crippen LogP contribution in [0, 0.1) is 17.1 Å². The van der Waals surface area contributed by atoms with Crippen LogP contribution < -0.4 is 0 Å². The third kappa shape index (κ3) is 3.87. The number of benzene rings is 3. The molecule has 4 nitrogen and oxygen atoms in total. The summed E-state index contributed by atoms with van der Waals surface area (Å²) in [6, 6.07) is 23.7. The van der Waals surface area contributed by atoms with Crippen molar-refractivity contribution >= 4 is 11.7 Å². The summed E-state index contributed by atoms with van der Waals surface area (Å²) in [7, 11) is 0. The zero-order chi connectivity index (χ0) is 24.6. The molecular formula is C31H27FN2O2. The number of piperidine rings is 1. The van der Waals surface area contributed by atoms with Gasteiger partial charge >= 0.3 is 6.09 Å². The average molecular weight is 479 g/mol. The fourth-order valence-corrected chi connectivity index (χ4v) is 6.20. The van der Waals surface area contributed by atoms with Crippen molar-refractivity contribution in [2.75, 3.05) is 6.61 Å². The van der Waals surface area contributed by atoms with Crippen molar-refractivity contribution in [1.29, 1.82) is 5.26 Å². The minimum absolute atomic E-state index is 0.00224. The number of amides is 1. The van der Waals surface area contributed by atoms with Crippen LogP contribution in [0.2, 0.25) is 0 Å². The highest BCUT2D eigenvalue weighted by molar-refractivity contribution is 5.79. The predicted octanol–water partition coefficient (Wildman–Crippen LogP) is 6.85. The molecule has 1 amide bonds. The summed E-state index contributed by atoms with van der Waals surface area (Å²) in [5.41, 5.74) is 6.99. The summed E-state index contributed by atoms with van der Waals surface area (Å²) in [5.74, 6) is -0.278. The molecule has 0 N–H and O–H groups in total. The summed E-state index contributed by atoms with van der Waals surface area (Å²) in [6.45, 7) is 0.300. The largest absolute Gasteiger partial charge is 0.448 e. The molecular weight excluding hydrogens is 451 g/mol. The molecule has 1 saturated heterocycles. The van der Waals surface area contributed by atoms with Crippen LogP contribution in [0.25, 0.3) is 16.7 Å². The number of nitrogens with zero attached hydrogens (tertiary/aromatic N) is 2. The van der Waals surface area contributed by atoms with E-state index in [-0.39, 0.29) is 36.3 Å². The Hall–Kier alpha value is -3.91. The molecule has 3 aliphatic rings. The fourth-order valence-electron chi connectivity index (χ4n) is 6.20. The molecule has 3 aromatic rings. The van der Waals surface area contributed by atoms with Crippen molar-refractivity contribution in [3.63, 3.8) is 0 Å². The number of hydrogen-bond donors (Lipinski definition) is 0. The average Bonchev–Trinajstić information content (AvgIpc) is 3.20. The third-order valence-corrected chi connectivity index (χ3v) is 7.85. The van der Waals surface area contributed by atoms with Crippen LogP contribution >= 0.6 is 0 Å². The normalized spacial score (nSPS) is 20.2. The predicted molar refractivity (Wildman–Crippen MR) is 137 cm³/mol. The topological polar surface area (TPSA) is 53.3 Å². The molecule has 180 valence electrons. The molecule has 0 radical (unpaired) electrons. The van der Waals surface area contributed by atoms with Gasteiger partial charge in [-0.2, -0.15) is 5.26 Å². The van der Waals surface area contributed by atoms with Crippen LogP contribution in [-0.4, -0.2) is 29.7 Å². The van der Waals surface area contributed by atoms with Crippen LogP contribution in [0.15, 0.2) is 72.8 Å². The first kappa shape index (κ1) is 22.5. The van der Waals surface area contributed by atoms with Crippen molar-refractivity contribution in [3.8, 4) is 17.2 Å². The van der Waals surface area contributed by atoms with Gasteiger partial charge in [-0.15, -0.1) is 0 Å². The SMILES string of the molecule is N#CCc1ccc(C2=CC3CCCC(C2)N3C(=O)OCC2c3ccccc3-c3ccccc32)c(F)c1. The molecule has 0 saturated carbocycles. The van der Waals surface area contributed by atoms with E-state index in [2.05, 4.69) is 30.3 Å². The lowest BCUT2D eigenvalue weighted by Crippen LogP contribution is -2.52. The smallest absolute Gasteiger partial charge is 0.410 e. The number of ether oxygens (including phenoxy) is 1. The molecule has 3 aromatic carbocycles. The van der Waals surface area contributed by atoms with E-state index in [1.165, 1.54) is 28.3 Å². The zero-order valence-corrected chi connectivity index (χ0v) is 20.0. The minimum Gasteiger partial charge on any atom is -0.448 e. The molecule has 2 unspecified atom stereocenters. The highest BCUT2D eigenvalue weighted by atomic mass is 19.1. The standard InChI is InChI=1S/C31H27FN2O2/c32-30-16-20(14-15-33)12-13-24(30)21-17-22-6-5-7-23(18-21)34(22)31(35)36-19-29-27-10-3-1-8-25(27)26-9-2-4-11-28(26)29/h1-4,8-13,16-17,22-23,29H,5-7,14,18-19H2. The molecule has 6 rings (SSSR count). The lowest BCUT2D eigenvalue weighted by Gasteiger charge is -2.44. The summed E-state index contributed by atoms with van der Waals surface area (Å²) in [4.78, 5) is 15.3. The van der Waals surface area contributed by atoms with Crippen LogP contribution in [0.4, 0.5) is 9.18 Å². The fraction of sp³-hybridized carbons (Fsp3) is 0.290. The van der Waals surface area contributed by atoms with E-state index in [1.807, 2.05) is 41.3 Å². The van der Waals surface area contributed by atoms with E-state index in [0.29, 0.717) is 24.2 Å². The number of rotatable bonds is 4. The molecule has 36 heavy (non-hydrogen) atoms. The van der Waals surface area contributed by atoms with Crippen molar-refractivity contribution in [3.05, 3.63) is 101 Å². The van der Waals surface area contributed by atoms with E-state index >= 15 is 0 Å². The van der Waals surface area contributed by atoms with Crippen LogP contribution in [0.1, 0.15) is 53.9 Å². The number of hydrogen-bond acceptors (Lipinski definition) is 3. The molecule has 2 aliphatic heterocycles. The van der Waals surface area contributed by atoms with Crippen LogP contribution in [0.3, 0.4) is 0 Å². The highest BCUT2D eigenvalue weighted by Gasteiger charge is 2.39. The van der Waals surface area contributed by atoms with Gasteiger partial charge in [0.15, 0.2) is 0 Å². The Morgan fingerprint density at radius 2 is 1.72 bits per heavy atom. The van der Waals surface area contributed by atoms with E-state index in [0.717, 1.165) is 24.8 Å². The maximum atomic E-state index is 14.9. The molecule has 1 fully saturated rings. The van der Waals surface area contributed by atoms with Gasteiger partial charge in [0.05, 0.1) is 18.5 Å². The van der Waals surface area contributed by atoms with Gasteiger partial charge < -0.3 is 4.74 Å². The van der Waals surface area contributed by atoms with E-state index in [4.69, 9.17) is 10.00 Å².